The van der Waals surface area contributed by atoms with Crippen molar-refractivity contribution in [3.8, 4) is 11.1 Å². The second-order valence-electron chi connectivity index (χ2n) is 7.78. The third-order valence-electron chi connectivity index (χ3n) is 5.43. The van der Waals surface area contributed by atoms with Crippen LogP contribution in [0.5, 0.6) is 0 Å². The maximum absolute atomic E-state index is 12.1. The summed E-state index contributed by atoms with van der Waals surface area (Å²) in [4.78, 5) is 12.1. The molecule has 3 rings (SSSR count). The molecule has 1 aliphatic carbocycles. The molecule has 186 valence electrons. The van der Waals surface area contributed by atoms with Crippen LogP contribution in [0.2, 0.25) is 0 Å². The molecule has 0 bridgehead atoms. The molecule has 1 aliphatic rings. The first-order valence-electron chi connectivity index (χ1n) is 11.8. The minimum atomic E-state index is -0.410. The predicted molar refractivity (Wildman–Crippen MR) is 128 cm³/mol. The first kappa shape index (κ1) is 26.1. The van der Waals surface area contributed by atoms with Crippen LogP contribution >= 0.6 is 0 Å². The molecular formula is C26H35NO7. The van der Waals surface area contributed by atoms with Gasteiger partial charge in [-0.15, -0.1) is 0 Å². The second kappa shape index (κ2) is 15.4. The molecule has 8 heteroatoms. The Morgan fingerprint density at radius 1 is 0.735 bits per heavy atom. The number of fused-ring (bicyclic) bond motifs is 3. The molecule has 2 N–H and O–H groups in total. The molecule has 34 heavy (non-hydrogen) atoms. The number of aliphatic hydroxyl groups excluding tert-OH is 1. The molecule has 2 aromatic rings. The van der Waals surface area contributed by atoms with Gasteiger partial charge in [0.25, 0.3) is 0 Å². The van der Waals surface area contributed by atoms with Crippen LogP contribution in [0.1, 0.15) is 23.5 Å². The Morgan fingerprint density at radius 3 is 1.79 bits per heavy atom. The zero-order valence-electron chi connectivity index (χ0n) is 19.6. The van der Waals surface area contributed by atoms with Gasteiger partial charge in [0.15, 0.2) is 0 Å². The summed E-state index contributed by atoms with van der Waals surface area (Å²) in [6, 6.07) is 16.6. The lowest BCUT2D eigenvalue weighted by atomic mass is 9.98. The molecule has 0 saturated carbocycles. The van der Waals surface area contributed by atoms with Crippen LogP contribution in [0.25, 0.3) is 11.1 Å². The molecule has 8 nitrogen and oxygen atoms in total. The van der Waals surface area contributed by atoms with E-state index in [2.05, 4.69) is 29.6 Å². The topological polar surface area (TPSA) is 95.5 Å². The van der Waals surface area contributed by atoms with E-state index in [1.54, 1.807) is 0 Å². The van der Waals surface area contributed by atoms with Crippen molar-refractivity contribution in [2.24, 2.45) is 0 Å². The second-order valence-corrected chi connectivity index (χ2v) is 7.78. The minimum absolute atomic E-state index is 0.0224. The summed E-state index contributed by atoms with van der Waals surface area (Å²) in [7, 11) is 0. The van der Waals surface area contributed by atoms with Crippen LogP contribution in [0.4, 0.5) is 4.79 Å². The fraction of sp³-hybridized carbons (Fsp3) is 0.500. The van der Waals surface area contributed by atoms with Crippen LogP contribution in [-0.4, -0.2) is 83.8 Å². The summed E-state index contributed by atoms with van der Waals surface area (Å²) in [5.41, 5.74) is 4.82. The first-order chi connectivity index (χ1) is 16.8. The Morgan fingerprint density at radius 2 is 1.24 bits per heavy atom. The molecule has 0 atom stereocenters. The average molecular weight is 474 g/mol. The summed E-state index contributed by atoms with van der Waals surface area (Å²) < 4.78 is 26.8. The van der Waals surface area contributed by atoms with Crippen molar-refractivity contribution in [2.75, 3.05) is 72.6 Å². The summed E-state index contributed by atoms with van der Waals surface area (Å²) in [5.74, 6) is 0.0616. The lowest BCUT2D eigenvalue weighted by Gasteiger charge is -2.14. The van der Waals surface area contributed by atoms with Gasteiger partial charge in [-0.1, -0.05) is 48.5 Å². The number of nitrogens with one attached hydrogen (secondary N) is 1. The average Bonchev–Trinajstić information content (AvgIpc) is 3.19. The van der Waals surface area contributed by atoms with Gasteiger partial charge < -0.3 is 34.1 Å². The van der Waals surface area contributed by atoms with E-state index in [0.29, 0.717) is 72.4 Å². The van der Waals surface area contributed by atoms with E-state index in [9.17, 15) is 4.79 Å². The summed E-state index contributed by atoms with van der Waals surface area (Å²) >= 11 is 0. The van der Waals surface area contributed by atoms with E-state index in [4.69, 9.17) is 28.8 Å². The molecule has 1 amide bonds. The number of ether oxygens (including phenoxy) is 5. The number of aliphatic hydroxyl groups is 1. The maximum atomic E-state index is 12.1. The molecule has 0 unspecified atom stereocenters. The summed E-state index contributed by atoms with van der Waals surface area (Å²) in [6.07, 6.45) is 0.285. The highest BCUT2D eigenvalue weighted by molar-refractivity contribution is 5.79. The van der Waals surface area contributed by atoms with E-state index in [-0.39, 0.29) is 12.5 Å². The van der Waals surface area contributed by atoms with Crippen molar-refractivity contribution in [3.63, 3.8) is 0 Å². The lowest BCUT2D eigenvalue weighted by molar-refractivity contribution is -0.00562. The molecule has 0 saturated heterocycles. The third-order valence-corrected chi connectivity index (χ3v) is 5.43. The third kappa shape index (κ3) is 8.38. The molecule has 0 radical (unpaired) electrons. The standard InChI is InChI=1S/C26H35NO7/c28-11-13-31-15-17-33-19-18-32-16-14-30-12-5-10-27-26(29)34-20-25-23-8-3-1-6-21(23)22-7-2-4-9-24(22)25/h1-4,6-9,25,28H,5,10-20H2,(H,27,29). The lowest BCUT2D eigenvalue weighted by Crippen LogP contribution is -2.27. The number of hydrogen-bond donors (Lipinski definition) is 2. The van der Waals surface area contributed by atoms with Crippen molar-refractivity contribution >= 4 is 6.09 Å². The highest BCUT2D eigenvalue weighted by Gasteiger charge is 2.28. The van der Waals surface area contributed by atoms with Crippen LogP contribution in [0.3, 0.4) is 0 Å². The van der Waals surface area contributed by atoms with E-state index < -0.39 is 6.09 Å². The fourth-order valence-corrected chi connectivity index (χ4v) is 3.84. The zero-order valence-corrected chi connectivity index (χ0v) is 19.6. The van der Waals surface area contributed by atoms with Crippen molar-refractivity contribution < 1.29 is 33.6 Å². The van der Waals surface area contributed by atoms with Gasteiger partial charge in [0, 0.05) is 19.1 Å². The quantitative estimate of drug-likeness (QED) is 0.341. The van der Waals surface area contributed by atoms with Crippen molar-refractivity contribution in [3.05, 3.63) is 59.7 Å². The largest absolute Gasteiger partial charge is 0.449 e. The SMILES string of the molecule is O=C(NCCCOCCOCCOCCOCCO)OCC1c2ccccc2-c2ccccc21. The normalized spacial score (nSPS) is 12.4. The van der Waals surface area contributed by atoms with Crippen LogP contribution in [0.15, 0.2) is 48.5 Å². The number of rotatable bonds is 17. The highest BCUT2D eigenvalue weighted by Crippen LogP contribution is 2.44. The molecule has 0 aromatic heterocycles. The molecule has 2 aromatic carbocycles. The van der Waals surface area contributed by atoms with Crippen molar-refractivity contribution in [2.45, 2.75) is 12.3 Å². The van der Waals surface area contributed by atoms with Gasteiger partial charge in [0.2, 0.25) is 0 Å². The summed E-state index contributed by atoms with van der Waals surface area (Å²) in [5, 5.41) is 11.4. The Hall–Kier alpha value is -2.49. The smallest absolute Gasteiger partial charge is 0.407 e. The van der Waals surface area contributed by atoms with Crippen LogP contribution < -0.4 is 5.32 Å². The zero-order chi connectivity index (χ0) is 23.8. The number of amides is 1. The number of benzene rings is 2. The van der Waals surface area contributed by atoms with Gasteiger partial charge in [-0.3, -0.25) is 0 Å². The Bertz CT molecular complexity index is 815. The molecule has 0 fully saturated rings. The Balaban J connectivity index is 1.18. The van der Waals surface area contributed by atoms with Crippen molar-refractivity contribution in [1.29, 1.82) is 0 Å². The van der Waals surface area contributed by atoms with E-state index in [0.717, 1.165) is 0 Å². The molecule has 0 spiro atoms. The number of hydrogen-bond acceptors (Lipinski definition) is 7. The van der Waals surface area contributed by atoms with Crippen LogP contribution in [0, 0.1) is 0 Å². The maximum Gasteiger partial charge on any atom is 0.407 e. The number of carbonyl (C=O) groups excluding carboxylic acids is 1. The van der Waals surface area contributed by atoms with Crippen molar-refractivity contribution in [1.82, 2.24) is 5.32 Å². The van der Waals surface area contributed by atoms with Gasteiger partial charge in [-0.2, -0.15) is 0 Å². The Kier molecular flexibility index (Phi) is 11.8. The van der Waals surface area contributed by atoms with Gasteiger partial charge in [0.1, 0.15) is 6.61 Å². The highest BCUT2D eigenvalue weighted by atomic mass is 16.6. The molecule has 0 heterocycles. The van der Waals surface area contributed by atoms with E-state index >= 15 is 0 Å². The van der Waals surface area contributed by atoms with Crippen LogP contribution in [-0.2, 0) is 23.7 Å². The molecule has 0 aliphatic heterocycles. The summed E-state index contributed by atoms with van der Waals surface area (Å²) in [6.45, 7) is 4.60. The van der Waals surface area contributed by atoms with E-state index in [1.807, 2.05) is 24.3 Å². The minimum Gasteiger partial charge on any atom is -0.449 e. The molecular weight excluding hydrogens is 438 g/mol. The van der Waals surface area contributed by atoms with Gasteiger partial charge >= 0.3 is 6.09 Å². The van der Waals surface area contributed by atoms with E-state index in [1.165, 1.54) is 22.3 Å². The van der Waals surface area contributed by atoms with Gasteiger partial charge in [-0.05, 0) is 28.7 Å². The monoisotopic (exact) mass is 473 g/mol. The van der Waals surface area contributed by atoms with Gasteiger partial charge in [0.05, 0.1) is 52.9 Å². The Labute approximate surface area is 201 Å². The van der Waals surface area contributed by atoms with Gasteiger partial charge in [-0.25, -0.2) is 4.79 Å². The number of carbonyl (C=O) groups is 1. The first-order valence-corrected chi connectivity index (χ1v) is 11.8. The predicted octanol–water partition coefficient (Wildman–Crippen LogP) is 2.97. The number of alkyl carbamates (subject to hydrolysis) is 1. The fourth-order valence-electron chi connectivity index (χ4n) is 3.84.